The molecule has 2 aliphatic rings. The molecule has 0 amide bonds. The molecule has 2 heterocycles. The van der Waals surface area contributed by atoms with Crippen molar-refractivity contribution in [1.29, 1.82) is 0 Å². The second kappa shape index (κ2) is 5.27. The Balaban J connectivity index is 1.96. The molecule has 0 aliphatic carbocycles. The summed E-state index contributed by atoms with van der Waals surface area (Å²) in [6, 6.07) is 0. The van der Waals surface area contributed by atoms with Gasteiger partial charge in [-0.05, 0) is 56.8 Å². The molecular formula is C15H28O2. The molecule has 17 heavy (non-hydrogen) atoms. The van der Waals surface area contributed by atoms with Gasteiger partial charge >= 0.3 is 0 Å². The minimum absolute atomic E-state index is 0.401. The summed E-state index contributed by atoms with van der Waals surface area (Å²) < 4.78 is 11.5. The van der Waals surface area contributed by atoms with Crippen LogP contribution in [0.5, 0.6) is 0 Å². The molecule has 2 aliphatic heterocycles. The van der Waals surface area contributed by atoms with E-state index in [1.165, 1.54) is 25.7 Å². The molecule has 100 valence electrons. The molecule has 0 bridgehead atoms. The lowest BCUT2D eigenvalue weighted by atomic mass is 9.64. The van der Waals surface area contributed by atoms with Crippen molar-refractivity contribution in [1.82, 2.24) is 0 Å². The van der Waals surface area contributed by atoms with Gasteiger partial charge in [0.1, 0.15) is 0 Å². The van der Waals surface area contributed by atoms with Crippen LogP contribution < -0.4 is 0 Å². The van der Waals surface area contributed by atoms with E-state index in [0.717, 1.165) is 25.0 Å². The van der Waals surface area contributed by atoms with E-state index >= 15 is 0 Å². The van der Waals surface area contributed by atoms with Crippen LogP contribution in [0.4, 0.5) is 0 Å². The van der Waals surface area contributed by atoms with E-state index in [4.69, 9.17) is 9.47 Å². The molecule has 2 saturated heterocycles. The average Bonchev–Trinajstić information content (AvgIpc) is 2.29. The van der Waals surface area contributed by atoms with Gasteiger partial charge in [-0.1, -0.05) is 13.8 Å². The van der Waals surface area contributed by atoms with E-state index in [1.54, 1.807) is 0 Å². The normalized spacial score (nSPS) is 40.2. The Bertz CT molecular complexity index is 241. The monoisotopic (exact) mass is 240 g/mol. The van der Waals surface area contributed by atoms with Crippen molar-refractivity contribution in [3.63, 3.8) is 0 Å². The minimum Gasteiger partial charge on any atom is -0.378 e. The van der Waals surface area contributed by atoms with Crippen LogP contribution in [0, 0.1) is 17.3 Å². The molecule has 2 rings (SSSR count). The molecule has 0 aromatic rings. The van der Waals surface area contributed by atoms with Gasteiger partial charge in [0.15, 0.2) is 0 Å². The van der Waals surface area contributed by atoms with Crippen LogP contribution in [0.15, 0.2) is 0 Å². The molecule has 4 unspecified atom stereocenters. The number of rotatable bonds is 2. The van der Waals surface area contributed by atoms with Gasteiger partial charge in [-0.15, -0.1) is 0 Å². The lowest BCUT2D eigenvalue weighted by Gasteiger charge is -2.46. The Morgan fingerprint density at radius 1 is 0.882 bits per heavy atom. The Morgan fingerprint density at radius 3 is 2.24 bits per heavy atom. The number of ether oxygens (including phenoxy) is 2. The number of hydrogen-bond donors (Lipinski definition) is 0. The van der Waals surface area contributed by atoms with Gasteiger partial charge in [-0.2, -0.15) is 0 Å². The van der Waals surface area contributed by atoms with E-state index in [9.17, 15) is 0 Å². The maximum absolute atomic E-state index is 5.86. The van der Waals surface area contributed by atoms with E-state index in [1.807, 2.05) is 0 Å². The standard InChI is InChI=1S/C15H28O2/c1-11-5-6-14(10-17-11)15(3,4)13-7-8-16-12(2)9-13/h11-14H,5-10H2,1-4H3. The van der Waals surface area contributed by atoms with Crippen LogP contribution in [0.3, 0.4) is 0 Å². The minimum atomic E-state index is 0.401. The Hall–Kier alpha value is -0.0800. The average molecular weight is 240 g/mol. The van der Waals surface area contributed by atoms with Crippen molar-refractivity contribution >= 4 is 0 Å². The fourth-order valence-electron chi connectivity index (χ4n) is 3.48. The van der Waals surface area contributed by atoms with E-state index in [2.05, 4.69) is 27.7 Å². The fourth-order valence-corrected chi connectivity index (χ4v) is 3.48. The summed E-state index contributed by atoms with van der Waals surface area (Å²) in [4.78, 5) is 0. The first kappa shape index (κ1) is 13.4. The van der Waals surface area contributed by atoms with Crippen molar-refractivity contribution in [2.24, 2.45) is 17.3 Å². The van der Waals surface area contributed by atoms with Gasteiger partial charge in [-0.3, -0.25) is 0 Å². The molecule has 0 aromatic heterocycles. The molecule has 0 aromatic carbocycles. The highest BCUT2D eigenvalue weighted by atomic mass is 16.5. The quantitative estimate of drug-likeness (QED) is 0.733. The highest BCUT2D eigenvalue weighted by Gasteiger charge is 2.40. The molecule has 2 fully saturated rings. The first-order valence-electron chi connectivity index (χ1n) is 7.23. The lowest BCUT2D eigenvalue weighted by Crippen LogP contribution is -2.42. The van der Waals surface area contributed by atoms with Gasteiger partial charge in [0.2, 0.25) is 0 Å². The SMILES string of the molecule is CC1CCC(C(C)(C)C2CCOC(C)C2)CO1. The van der Waals surface area contributed by atoms with Crippen LogP contribution >= 0.6 is 0 Å². The third-order valence-electron chi connectivity index (χ3n) is 5.09. The van der Waals surface area contributed by atoms with Crippen LogP contribution in [0.2, 0.25) is 0 Å². The van der Waals surface area contributed by atoms with Crippen molar-refractivity contribution < 1.29 is 9.47 Å². The van der Waals surface area contributed by atoms with E-state index < -0.39 is 0 Å². The van der Waals surface area contributed by atoms with E-state index in [0.29, 0.717) is 17.6 Å². The maximum atomic E-state index is 5.86. The van der Waals surface area contributed by atoms with Crippen LogP contribution in [-0.4, -0.2) is 25.4 Å². The van der Waals surface area contributed by atoms with Crippen molar-refractivity contribution in [3.8, 4) is 0 Å². The van der Waals surface area contributed by atoms with Gasteiger partial charge < -0.3 is 9.47 Å². The topological polar surface area (TPSA) is 18.5 Å². The molecule has 0 saturated carbocycles. The van der Waals surface area contributed by atoms with E-state index in [-0.39, 0.29) is 0 Å². The highest BCUT2D eigenvalue weighted by molar-refractivity contribution is 4.89. The summed E-state index contributed by atoms with van der Waals surface area (Å²) in [5, 5.41) is 0. The molecule has 0 radical (unpaired) electrons. The van der Waals surface area contributed by atoms with Gasteiger partial charge in [-0.25, -0.2) is 0 Å². The summed E-state index contributed by atoms with van der Waals surface area (Å²) in [6.07, 6.45) is 5.92. The zero-order valence-corrected chi connectivity index (χ0v) is 11.9. The van der Waals surface area contributed by atoms with Crippen molar-refractivity contribution in [2.75, 3.05) is 13.2 Å². The molecule has 2 nitrogen and oxygen atoms in total. The zero-order chi connectivity index (χ0) is 12.5. The largest absolute Gasteiger partial charge is 0.378 e. The van der Waals surface area contributed by atoms with Gasteiger partial charge in [0, 0.05) is 6.61 Å². The predicted molar refractivity (Wildman–Crippen MR) is 70.1 cm³/mol. The van der Waals surface area contributed by atoms with Gasteiger partial charge in [0.05, 0.1) is 18.8 Å². The fraction of sp³-hybridized carbons (Fsp3) is 1.00. The highest BCUT2D eigenvalue weighted by Crippen LogP contribution is 2.45. The van der Waals surface area contributed by atoms with Crippen LogP contribution in [0.25, 0.3) is 0 Å². The molecule has 0 N–H and O–H groups in total. The first-order valence-corrected chi connectivity index (χ1v) is 7.23. The smallest absolute Gasteiger partial charge is 0.0549 e. The maximum Gasteiger partial charge on any atom is 0.0549 e. The molecule has 2 heteroatoms. The zero-order valence-electron chi connectivity index (χ0n) is 11.9. The second-order valence-electron chi connectivity index (χ2n) is 6.64. The van der Waals surface area contributed by atoms with Crippen molar-refractivity contribution in [2.45, 2.75) is 65.6 Å². The summed E-state index contributed by atoms with van der Waals surface area (Å²) in [6.45, 7) is 11.2. The number of hydrogen-bond acceptors (Lipinski definition) is 2. The molecule has 0 spiro atoms. The summed E-state index contributed by atoms with van der Waals surface area (Å²) in [7, 11) is 0. The molecular weight excluding hydrogens is 212 g/mol. The summed E-state index contributed by atoms with van der Waals surface area (Å²) in [5.74, 6) is 1.53. The Morgan fingerprint density at radius 2 is 1.65 bits per heavy atom. The van der Waals surface area contributed by atoms with Crippen molar-refractivity contribution in [3.05, 3.63) is 0 Å². The molecule has 4 atom stereocenters. The van der Waals surface area contributed by atoms with Gasteiger partial charge in [0.25, 0.3) is 0 Å². The summed E-state index contributed by atoms with van der Waals surface area (Å²) >= 11 is 0. The summed E-state index contributed by atoms with van der Waals surface area (Å²) in [5.41, 5.74) is 0.401. The second-order valence-corrected chi connectivity index (χ2v) is 6.64. The Labute approximate surface area is 106 Å². The Kier molecular flexibility index (Phi) is 4.14. The van der Waals surface area contributed by atoms with Crippen LogP contribution in [-0.2, 0) is 9.47 Å². The lowest BCUT2D eigenvalue weighted by molar-refractivity contribution is -0.0886. The van der Waals surface area contributed by atoms with Crippen LogP contribution in [0.1, 0.15) is 53.4 Å². The third kappa shape index (κ3) is 3.03. The third-order valence-corrected chi connectivity index (χ3v) is 5.09. The predicted octanol–water partition coefficient (Wildman–Crippen LogP) is 3.64. The first-order chi connectivity index (χ1) is 8.00.